The lowest BCUT2D eigenvalue weighted by Crippen LogP contribution is -2.52. The first-order chi connectivity index (χ1) is 13.4. The number of thioether (sulfide) groups is 1. The Bertz CT molecular complexity index is 654. The molecule has 0 aromatic heterocycles. The third-order valence-electron chi connectivity index (χ3n) is 3.55. The zero-order valence-corrected chi connectivity index (χ0v) is 17.1. The Balaban J connectivity index is 3.20. The van der Waals surface area contributed by atoms with Crippen LogP contribution in [0.25, 0.3) is 0 Å². The van der Waals surface area contributed by atoms with E-state index in [1.165, 1.54) is 12.2 Å². The molecule has 1 aromatic rings. The number of hydrogen-bond donors (Lipinski definition) is 1. The van der Waals surface area contributed by atoms with Gasteiger partial charge in [0.25, 0.3) is 5.60 Å². The van der Waals surface area contributed by atoms with Gasteiger partial charge in [0.05, 0.1) is 25.1 Å². The van der Waals surface area contributed by atoms with Crippen molar-refractivity contribution in [2.75, 3.05) is 25.6 Å². The lowest BCUT2D eigenvalue weighted by Gasteiger charge is -2.31. The quantitative estimate of drug-likeness (QED) is 0.257. The minimum Gasteiger partial charge on any atom is -0.463 e. The van der Waals surface area contributed by atoms with Gasteiger partial charge in [-0.25, -0.2) is 14.4 Å². The Kier molecular flexibility index (Phi) is 10.3. The van der Waals surface area contributed by atoms with E-state index in [0.717, 1.165) is 11.8 Å². The number of carbonyl (C=O) groups is 3. The van der Waals surface area contributed by atoms with E-state index in [2.05, 4.69) is 0 Å². The van der Waals surface area contributed by atoms with E-state index in [1.54, 1.807) is 51.1 Å². The first-order valence-corrected chi connectivity index (χ1v) is 10.0. The zero-order chi connectivity index (χ0) is 21.0. The molecule has 7 nitrogen and oxygen atoms in total. The molecule has 0 spiro atoms. The van der Waals surface area contributed by atoms with Crippen molar-refractivity contribution in [3.8, 4) is 0 Å². The Labute approximate surface area is 169 Å². The minimum atomic E-state index is -2.53. The van der Waals surface area contributed by atoms with Crippen molar-refractivity contribution in [3.63, 3.8) is 0 Å². The molecular formula is C20H26O7S. The summed E-state index contributed by atoms with van der Waals surface area (Å²) < 4.78 is 14.7. The highest BCUT2D eigenvalue weighted by Crippen LogP contribution is 2.40. The molecule has 0 saturated heterocycles. The van der Waals surface area contributed by atoms with E-state index in [1.807, 2.05) is 0 Å². The molecule has 0 saturated carbocycles. The largest absolute Gasteiger partial charge is 0.463 e. The molecule has 1 unspecified atom stereocenters. The highest BCUT2D eigenvalue weighted by Gasteiger charge is 2.54. The van der Waals surface area contributed by atoms with Crippen molar-refractivity contribution in [2.24, 2.45) is 0 Å². The summed E-state index contributed by atoms with van der Waals surface area (Å²) in [7, 11) is 0. The van der Waals surface area contributed by atoms with Crippen LogP contribution in [0.3, 0.4) is 0 Å². The molecule has 0 heterocycles. The molecule has 154 valence electrons. The molecule has 28 heavy (non-hydrogen) atoms. The van der Waals surface area contributed by atoms with Gasteiger partial charge in [0.2, 0.25) is 0 Å². The Morgan fingerprint density at radius 3 is 2.04 bits per heavy atom. The third-order valence-corrected chi connectivity index (χ3v) is 4.89. The zero-order valence-electron chi connectivity index (χ0n) is 16.3. The maximum absolute atomic E-state index is 12.5. The molecule has 8 heteroatoms. The van der Waals surface area contributed by atoms with Crippen LogP contribution >= 0.6 is 11.8 Å². The van der Waals surface area contributed by atoms with Gasteiger partial charge in [0.1, 0.15) is 0 Å². The van der Waals surface area contributed by atoms with Crippen LogP contribution in [-0.2, 0) is 28.6 Å². The van der Waals surface area contributed by atoms with E-state index in [4.69, 9.17) is 14.2 Å². The van der Waals surface area contributed by atoms with Crippen molar-refractivity contribution in [2.45, 2.75) is 31.6 Å². The van der Waals surface area contributed by atoms with Crippen molar-refractivity contribution in [1.82, 2.24) is 0 Å². The SMILES string of the molecule is CCOC(=O)/C=C/CSC(c1ccccc1)C(O)(C(=O)OCC)C(=O)OCC. The maximum Gasteiger partial charge on any atom is 0.351 e. The number of esters is 3. The molecule has 0 fully saturated rings. The summed E-state index contributed by atoms with van der Waals surface area (Å²) in [4.78, 5) is 36.5. The fourth-order valence-corrected chi connectivity index (χ4v) is 3.54. The van der Waals surface area contributed by atoms with Crippen molar-refractivity contribution in [3.05, 3.63) is 48.0 Å². The predicted molar refractivity (Wildman–Crippen MR) is 106 cm³/mol. The predicted octanol–water partition coefficient (Wildman–Crippen LogP) is 2.44. The third kappa shape index (κ3) is 6.38. The lowest BCUT2D eigenvalue weighted by atomic mass is 9.93. The second kappa shape index (κ2) is 12.2. The Morgan fingerprint density at radius 2 is 1.54 bits per heavy atom. The molecule has 0 radical (unpaired) electrons. The molecule has 0 amide bonds. The van der Waals surface area contributed by atoms with E-state index in [9.17, 15) is 19.5 Å². The lowest BCUT2D eigenvalue weighted by molar-refractivity contribution is -0.183. The molecule has 0 aliphatic carbocycles. The summed E-state index contributed by atoms with van der Waals surface area (Å²) in [5.41, 5.74) is -1.99. The molecule has 1 aromatic carbocycles. The first kappa shape index (κ1) is 23.7. The van der Waals surface area contributed by atoms with Crippen LogP contribution in [0.4, 0.5) is 0 Å². The minimum absolute atomic E-state index is 0.00448. The number of carbonyl (C=O) groups excluding carboxylic acids is 3. The van der Waals surface area contributed by atoms with Crippen LogP contribution in [0.2, 0.25) is 0 Å². The van der Waals surface area contributed by atoms with E-state index < -0.39 is 28.8 Å². The van der Waals surface area contributed by atoms with Gasteiger partial charge in [0, 0.05) is 11.8 Å². The summed E-state index contributed by atoms with van der Waals surface area (Å²) in [6, 6.07) is 8.62. The molecular weight excluding hydrogens is 384 g/mol. The smallest absolute Gasteiger partial charge is 0.351 e. The van der Waals surface area contributed by atoms with Gasteiger partial charge in [-0.3, -0.25) is 0 Å². The molecule has 1 rings (SSSR count). The van der Waals surface area contributed by atoms with Gasteiger partial charge < -0.3 is 19.3 Å². The number of rotatable bonds is 11. The molecule has 1 N–H and O–H groups in total. The average molecular weight is 410 g/mol. The number of hydrogen-bond acceptors (Lipinski definition) is 8. The Morgan fingerprint density at radius 1 is 1.00 bits per heavy atom. The topological polar surface area (TPSA) is 99.1 Å². The average Bonchev–Trinajstić information content (AvgIpc) is 2.68. The second-order valence-electron chi connectivity index (χ2n) is 5.49. The fraction of sp³-hybridized carbons (Fsp3) is 0.450. The van der Waals surface area contributed by atoms with E-state index in [-0.39, 0.29) is 25.6 Å². The van der Waals surface area contributed by atoms with Gasteiger partial charge in [-0.1, -0.05) is 36.4 Å². The van der Waals surface area contributed by atoms with Gasteiger partial charge in [-0.15, -0.1) is 11.8 Å². The summed E-state index contributed by atoms with van der Waals surface area (Å²) in [6.45, 7) is 5.11. The highest BCUT2D eigenvalue weighted by molar-refractivity contribution is 7.99. The van der Waals surface area contributed by atoms with Gasteiger partial charge in [-0.2, -0.15) is 0 Å². The van der Waals surface area contributed by atoms with Crippen molar-refractivity contribution in [1.29, 1.82) is 0 Å². The standard InChI is InChI=1S/C20H26O7S/c1-4-25-16(21)13-10-14-28-17(15-11-8-7-9-12-15)20(24,18(22)26-5-2)19(23)27-6-3/h7-13,17,24H,4-6,14H2,1-3H3/b13-10+. The molecule has 0 aliphatic rings. The monoisotopic (exact) mass is 410 g/mol. The number of benzene rings is 1. The van der Waals surface area contributed by atoms with E-state index in [0.29, 0.717) is 5.56 Å². The van der Waals surface area contributed by atoms with Crippen LogP contribution in [0.15, 0.2) is 42.5 Å². The first-order valence-electron chi connectivity index (χ1n) is 8.98. The van der Waals surface area contributed by atoms with Gasteiger partial charge in [0.15, 0.2) is 0 Å². The fourth-order valence-electron chi connectivity index (χ4n) is 2.35. The van der Waals surface area contributed by atoms with Crippen LogP contribution in [0.1, 0.15) is 31.6 Å². The number of ether oxygens (including phenoxy) is 3. The van der Waals surface area contributed by atoms with Crippen LogP contribution in [-0.4, -0.2) is 54.2 Å². The molecule has 0 aliphatic heterocycles. The van der Waals surface area contributed by atoms with E-state index >= 15 is 0 Å². The highest BCUT2D eigenvalue weighted by atomic mass is 32.2. The van der Waals surface area contributed by atoms with Crippen LogP contribution < -0.4 is 0 Å². The maximum atomic E-state index is 12.5. The number of aliphatic hydroxyl groups is 1. The van der Waals surface area contributed by atoms with Crippen LogP contribution in [0, 0.1) is 0 Å². The summed E-state index contributed by atoms with van der Waals surface area (Å²) in [6.07, 6.45) is 2.79. The Hall–Kier alpha value is -2.32. The summed E-state index contributed by atoms with van der Waals surface area (Å²) in [5, 5.41) is 10.1. The summed E-state index contributed by atoms with van der Waals surface area (Å²) in [5.74, 6) is -2.42. The summed E-state index contributed by atoms with van der Waals surface area (Å²) >= 11 is 1.10. The second-order valence-corrected chi connectivity index (χ2v) is 6.62. The normalized spacial score (nSPS) is 12.4. The van der Waals surface area contributed by atoms with Crippen molar-refractivity contribution < 1.29 is 33.7 Å². The van der Waals surface area contributed by atoms with Crippen molar-refractivity contribution >= 4 is 29.7 Å². The van der Waals surface area contributed by atoms with Gasteiger partial charge in [-0.05, 0) is 26.3 Å². The molecule has 1 atom stereocenters. The van der Waals surface area contributed by atoms with Crippen LogP contribution in [0.5, 0.6) is 0 Å². The molecule has 0 bridgehead atoms. The van der Waals surface area contributed by atoms with Gasteiger partial charge >= 0.3 is 17.9 Å².